The van der Waals surface area contributed by atoms with Crippen LogP contribution in [-0.2, 0) is 0 Å². The van der Waals surface area contributed by atoms with Gasteiger partial charge >= 0.3 is 0 Å². The first-order chi connectivity index (χ1) is 13.0. The molecule has 136 valence electrons. The average molecular weight is 361 g/mol. The second-order valence-corrected chi connectivity index (χ2v) is 6.09. The molecule has 0 saturated carbocycles. The number of aromatic nitrogens is 2. The Hall–Kier alpha value is -3.61. The van der Waals surface area contributed by atoms with Crippen LogP contribution >= 0.6 is 0 Å². The van der Waals surface area contributed by atoms with Gasteiger partial charge in [-0.2, -0.15) is 5.10 Å². The van der Waals surface area contributed by atoms with E-state index in [2.05, 4.69) is 20.5 Å². The first kappa shape index (κ1) is 18.2. The Labute approximate surface area is 157 Å². The maximum absolute atomic E-state index is 10.9. The van der Waals surface area contributed by atoms with E-state index in [9.17, 15) is 10.1 Å². The van der Waals surface area contributed by atoms with Crippen molar-refractivity contribution in [1.29, 1.82) is 0 Å². The van der Waals surface area contributed by atoms with Gasteiger partial charge in [0.05, 0.1) is 10.6 Å². The predicted molar refractivity (Wildman–Crippen MR) is 106 cm³/mol. The zero-order chi connectivity index (χ0) is 19.4. The summed E-state index contributed by atoms with van der Waals surface area (Å²) in [7, 11) is 0. The number of benzene rings is 2. The molecule has 0 saturated heterocycles. The van der Waals surface area contributed by atoms with Crippen molar-refractivity contribution < 1.29 is 4.92 Å². The number of nitrogens with one attached hydrogen (secondary N) is 1. The van der Waals surface area contributed by atoms with Crippen LogP contribution < -0.4 is 5.43 Å². The molecule has 3 rings (SSSR count). The van der Waals surface area contributed by atoms with E-state index in [4.69, 9.17) is 0 Å². The predicted octanol–water partition coefficient (Wildman–Crippen LogP) is 4.50. The number of hydrogen-bond donors (Lipinski definition) is 1. The van der Waals surface area contributed by atoms with Crippen molar-refractivity contribution in [1.82, 2.24) is 9.97 Å². The lowest BCUT2D eigenvalue weighted by atomic mass is 10.1. The first-order valence-corrected chi connectivity index (χ1v) is 8.41. The van der Waals surface area contributed by atoms with Gasteiger partial charge in [-0.1, -0.05) is 42.5 Å². The fourth-order valence-corrected chi connectivity index (χ4v) is 2.50. The van der Waals surface area contributed by atoms with E-state index in [1.54, 1.807) is 19.1 Å². The number of aryl methyl sites for hydroxylation is 1. The number of nitrogens with zero attached hydrogens (tertiary/aromatic N) is 4. The molecule has 7 nitrogen and oxygen atoms in total. The third-order valence-corrected chi connectivity index (χ3v) is 4.23. The van der Waals surface area contributed by atoms with Crippen molar-refractivity contribution in [2.24, 2.45) is 5.10 Å². The normalized spacial score (nSPS) is 11.3. The number of nitro groups is 1. The van der Waals surface area contributed by atoms with Crippen molar-refractivity contribution in [2.75, 3.05) is 5.43 Å². The summed E-state index contributed by atoms with van der Waals surface area (Å²) in [6, 6.07) is 16.1. The lowest BCUT2D eigenvalue weighted by Crippen LogP contribution is -2.05. The molecule has 0 bridgehead atoms. The molecule has 0 atom stereocenters. The molecule has 7 heteroatoms. The van der Waals surface area contributed by atoms with Crippen molar-refractivity contribution in [3.8, 4) is 11.4 Å². The summed E-state index contributed by atoms with van der Waals surface area (Å²) >= 11 is 0. The van der Waals surface area contributed by atoms with Crippen LogP contribution in [0.25, 0.3) is 11.4 Å². The van der Waals surface area contributed by atoms with Gasteiger partial charge in [-0.25, -0.2) is 9.97 Å². The third kappa shape index (κ3) is 4.14. The van der Waals surface area contributed by atoms with Gasteiger partial charge in [0.25, 0.3) is 5.69 Å². The van der Waals surface area contributed by atoms with Gasteiger partial charge in [-0.05, 0) is 20.8 Å². The number of nitro benzene ring substituents is 1. The molecular formula is C20H19N5O2. The van der Waals surface area contributed by atoms with Crippen molar-refractivity contribution in [2.45, 2.75) is 20.8 Å². The average Bonchev–Trinajstić information content (AvgIpc) is 2.69. The molecule has 1 heterocycles. The quantitative estimate of drug-likeness (QED) is 0.410. The summed E-state index contributed by atoms with van der Waals surface area (Å²) in [5.41, 5.74) is 6.97. The molecule has 0 spiro atoms. The maximum Gasteiger partial charge on any atom is 0.270 e. The molecule has 0 unspecified atom stereocenters. The van der Waals surface area contributed by atoms with E-state index >= 15 is 0 Å². The molecule has 3 aromatic rings. The molecule has 0 fully saturated rings. The lowest BCUT2D eigenvalue weighted by molar-refractivity contribution is -0.384. The van der Waals surface area contributed by atoms with Crippen LogP contribution in [0.3, 0.4) is 0 Å². The lowest BCUT2D eigenvalue weighted by Gasteiger charge is -2.10. The van der Waals surface area contributed by atoms with Gasteiger partial charge in [0, 0.05) is 34.5 Å². The van der Waals surface area contributed by atoms with Crippen molar-refractivity contribution >= 4 is 17.2 Å². The molecule has 2 aromatic carbocycles. The fraction of sp³-hybridized carbons (Fsp3) is 0.150. The summed E-state index contributed by atoms with van der Waals surface area (Å²) in [5.74, 6) is 1.22. The second-order valence-electron chi connectivity index (χ2n) is 6.09. The molecule has 0 aliphatic carbocycles. The zero-order valence-electron chi connectivity index (χ0n) is 15.3. The molecule has 27 heavy (non-hydrogen) atoms. The third-order valence-electron chi connectivity index (χ3n) is 4.23. The van der Waals surface area contributed by atoms with Gasteiger partial charge in [0.15, 0.2) is 11.6 Å². The standard InChI is InChI=1S/C20H19N5O2/c1-13-14(2)21-20(16-8-5-4-6-9-16)22-19(13)24-23-15(3)17-10-7-11-18(12-17)25(26)27/h4-12H,1-3H3,(H,21,22,24)/b23-15+. The van der Waals surface area contributed by atoms with Crippen LogP contribution in [0, 0.1) is 24.0 Å². The van der Waals surface area contributed by atoms with Gasteiger partial charge < -0.3 is 0 Å². The summed E-state index contributed by atoms with van der Waals surface area (Å²) in [6.45, 7) is 5.63. The Morgan fingerprint density at radius 3 is 2.52 bits per heavy atom. The molecule has 0 radical (unpaired) electrons. The van der Waals surface area contributed by atoms with Gasteiger partial charge in [0.2, 0.25) is 0 Å². The van der Waals surface area contributed by atoms with Crippen LogP contribution in [0.5, 0.6) is 0 Å². The first-order valence-electron chi connectivity index (χ1n) is 8.41. The smallest absolute Gasteiger partial charge is 0.261 e. The SMILES string of the molecule is C/C(=N\Nc1nc(-c2ccccc2)nc(C)c1C)c1cccc([N+](=O)[O-])c1. The summed E-state index contributed by atoms with van der Waals surface area (Å²) in [5, 5.41) is 15.3. The molecule has 0 aliphatic heterocycles. The largest absolute Gasteiger partial charge is 0.270 e. The Balaban J connectivity index is 1.91. The van der Waals surface area contributed by atoms with E-state index < -0.39 is 4.92 Å². The van der Waals surface area contributed by atoms with Crippen LogP contribution in [0.2, 0.25) is 0 Å². The topological polar surface area (TPSA) is 93.3 Å². The Bertz CT molecular complexity index is 1020. The highest BCUT2D eigenvalue weighted by Gasteiger charge is 2.10. The molecule has 0 aliphatic rings. The van der Waals surface area contributed by atoms with E-state index in [0.717, 1.165) is 16.8 Å². The summed E-state index contributed by atoms with van der Waals surface area (Å²) in [6.07, 6.45) is 0. The van der Waals surface area contributed by atoms with Crippen LogP contribution in [-0.4, -0.2) is 20.6 Å². The highest BCUT2D eigenvalue weighted by Crippen LogP contribution is 2.22. The number of hydrazone groups is 1. The summed E-state index contributed by atoms with van der Waals surface area (Å²) < 4.78 is 0. The number of hydrogen-bond acceptors (Lipinski definition) is 6. The molecule has 1 N–H and O–H groups in total. The minimum Gasteiger partial charge on any atom is -0.261 e. The minimum atomic E-state index is -0.422. The second kappa shape index (κ2) is 7.74. The summed E-state index contributed by atoms with van der Waals surface area (Å²) in [4.78, 5) is 19.6. The Kier molecular flexibility index (Phi) is 5.21. The minimum absolute atomic E-state index is 0.0301. The van der Waals surface area contributed by atoms with E-state index in [0.29, 0.717) is 22.9 Å². The Morgan fingerprint density at radius 2 is 1.81 bits per heavy atom. The van der Waals surface area contributed by atoms with Gasteiger partial charge in [-0.3, -0.25) is 15.5 Å². The fourth-order valence-electron chi connectivity index (χ4n) is 2.50. The van der Waals surface area contributed by atoms with Crippen molar-refractivity contribution in [3.63, 3.8) is 0 Å². The van der Waals surface area contributed by atoms with Crippen LogP contribution in [0.1, 0.15) is 23.7 Å². The van der Waals surface area contributed by atoms with Crippen molar-refractivity contribution in [3.05, 3.63) is 81.5 Å². The number of non-ortho nitro benzene ring substituents is 1. The monoisotopic (exact) mass is 361 g/mol. The van der Waals surface area contributed by atoms with E-state index in [1.165, 1.54) is 12.1 Å². The molecular weight excluding hydrogens is 342 g/mol. The maximum atomic E-state index is 10.9. The molecule has 0 amide bonds. The van der Waals surface area contributed by atoms with Crippen LogP contribution in [0.15, 0.2) is 59.7 Å². The van der Waals surface area contributed by atoms with Gasteiger partial charge in [0.1, 0.15) is 0 Å². The number of rotatable bonds is 5. The highest BCUT2D eigenvalue weighted by molar-refractivity contribution is 5.99. The number of anilines is 1. The highest BCUT2D eigenvalue weighted by atomic mass is 16.6. The van der Waals surface area contributed by atoms with E-state index in [-0.39, 0.29) is 5.69 Å². The van der Waals surface area contributed by atoms with E-state index in [1.807, 2.05) is 44.2 Å². The molecule has 1 aromatic heterocycles. The zero-order valence-corrected chi connectivity index (χ0v) is 15.3. The van der Waals surface area contributed by atoms with Crippen LogP contribution in [0.4, 0.5) is 11.5 Å². The Morgan fingerprint density at radius 1 is 1.07 bits per heavy atom. The van der Waals surface area contributed by atoms with Gasteiger partial charge in [-0.15, -0.1) is 0 Å².